The normalized spacial score (nSPS) is 17.5. The van der Waals surface area contributed by atoms with Gasteiger partial charge in [-0.25, -0.2) is 0 Å². The second-order valence-corrected chi connectivity index (χ2v) is 7.49. The van der Waals surface area contributed by atoms with Crippen LogP contribution in [0.25, 0.3) is 10.2 Å². The highest BCUT2D eigenvalue weighted by Gasteiger charge is 2.19. The Kier molecular flexibility index (Phi) is 5.04. The Morgan fingerprint density at radius 1 is 1.48 bits per heavy atom. The van der Waals surface area contributed by atoms with Crippen LogP contribution in [0.2, 0.25) is 0 Å². The molecule has 0 radical (unpaired) electrons. The molecule has 2 aromatic rings. The summed E-state index contributed by atoms with van der Waals surface area (Å²) in [5.41, 5.74) is 3.09. The molecule has 0 spiro atoms. The van der Waals surface area contributed by atoms with Crippen LogP contribution >= 0.6 is 11.3 Å². The predicted molar refractivity (Wildman–Crippen MR) is 94.2 cm³/mol. The number of nitrogens with one attached hydrogen (secondary N) is 2. The molecule has 1 atom stereocenters. The number of aromatic amines is 1. The third-order valence-electron chi connectivity index (χ3n) is 4.49. The maximum Gasteiger partial charge on any atom is 0.267 e. The summed E-state index contributed by atoms with van der Waals surface area (Å²) in [6, 6.07) is 2.17. The van der Waals surface area contributed by atoms with Gasteiger partial charge in [-0.1, -0.05) is 6.92 Å². The molecule has 3 rings (SSSR count). The number of hydrogen-bond acceptors (Lipinski definition) is 4. The van der Waals surface area contributed by atoms with Crippen molar-refractivity contribution in [1.29, 1.82) is 0 Å². The van der Waals surface area contributed by atoms with Gasteiger partial charge in [-0.3, -0.25) is 9.69 Å². The molecule has 0 aromatic carbocycles. The van der Waals surface area contributed by atoms with Gasteiger partial charge in [0.15, 0.2) is 0 Å². The van der Waals surface area contributed by atoms with E-state index >= 15 is 0 Å². The fourth-order valence-electron chi connectivity index (χ4n) is 2.84. The van der Waals surface area contributed by atoms with E-state index in [-0.39, 0.29) is 11.9 Å². The van der Waals surface area contributed by atoms with Gasteiger partial charge in [0, 0.05) is 36.1 Å². The van der Waals surface area contributed by atoms with Gasteiger partial charge in [0.25, 0.3) is 5.91 Å². The molecule has 1 aliphatic rings. The van der Waals surface area contributed by atoms with Crippen molar-refractivity contribution >= 4 is 27.5 Å². The van der Waals surface area contributed by atoms with Crippen LogP contribution in [0.1, 0.15) is 41.2 Å². The highest BCUT2D eigenvalue weighted by atomic mass is 32.1. The minimum Gasteiger partial charge on any atom is -0.379 e. The minimum absolute atomic E-state index is 0.0160. The number of amides is 1. The summed E-state index contributed by atoms with van der Waals surface area (Å²) >= 11 is 1.76. The number of carbonyl (C=O) groups is 1. The second-order valence-electron chi connectivity index (χ2n) is 6.23. The van der Waals surface area contributed by atoms with Gasteiger partial charge < -0.3 is 15.0 Å². The van der Waals surface area contributed by atoms with Gasteiger partial charge in [0.1, 0.15) is 5.69 Å². The van der Waals surface area contributed by atoms with Crippen LogP contribution in [-0.4, -0.2) is 48.1 Å². The molecule has 2 N–H and O–H groups in total. The van der Waals surface area contributed by atoms with Gasteiger partial charge in [0.2, 0.25) is 0 Å². The summed E-state index contributed by atoms with van der Waals surface area (Å²) in [5, 5.41) is 3.02. The number of H-pyrrole nitrogens is 1. The lowest BCUT2D eigenvalue weighted by atomic mass is 10.2. The number of carbonyl (C=O) groups excluding carboxylic acids is 1. The number of aryl methyl sites for hydroxylation is 1. The lowest BCUT2D eigenvalue weighted by molar-refractivity contribution is 0.0343. The lowest BCUT2D eigenvalue weighted by Crippen LogP contribution is -2.35. The molecule has 0 bridgehead atoms. The number of nitrogens with zero attached hydrogens (tertiary/aromatic N) is 1. The third kappa shape index (κ3) is 3.59. The lowest BCUT2D eigenvalue weighted by Gasteiger charge is -2.26. The number of ether oxygens (including phenoxy) is 1. The van der Waals surface area contributed by atoms with Crippen LogP contribution in [0.4, 0.5) is 0 Å². The largest absolute Gasteiger partial charge is 0.379 e. The topological polar surface area (TPSA) is 57.4 Å². The fourth-order valence-corrected chi connectivity index (χ4v) is 3.91. The summed E-state index contributed by atoms with van der Waals surface area (Å²) in [5.74, 6) is -0.0160. The minimum atomic E-state index is -0.0160. The van der Waals surface area contributed by atoms with Crippen LogP contribution in [0.15, 0.2) is 6.07 Å². The summed E-state index contributed by atoms with van der Waals surface area (Å²) in [7, 11) is 0. The monoisotopic (exact) mass is 335 g/mol. The standard InChI is InChI=1S/C17H25N3O2S/c1-4-11(2)18-17(21)14-9-15-16(19-14)13(12(3)23-15)10-20-5-7-22-8-6-20/h9,11,19H,4-8,10H2,1-3H3,(H,18,21)/t11-/m0/s1. The van der Waals surface area contributed by atoms with Crippen molar-refractivity contribution < 1.29 is 9.53 Å². The van der Waals surface area contributed by atoms with Gasteiger partial charge in [-0.15, -0.1) is 11.3 Å². The van der Waals surface area contributed by atoms with Crippen LogP contribution < -0.4 is 5.32 Å². The Morgan fingerprint density at radius 3 is 2.91 bits per heavy atom. The quantitative estimate of drug-likeness (QED) is 0.883. The summed E-state index contributed by atoms with van der Waals surface area (Å²) in [4.78, 5) is 19.4. The fraction of sp³-hybridized carbons (Fsp3) is 0.588. The van der Waals surface area contributed by atoms with Crippen LogP contribution in [0.5, 0.6) is 0 Å². The molecule has 6 heteroatoms. The van der Waals surface area contributed by atoms with Crippen molar-refractivity contribution in [3.8, 4) is 0 Å². The van der Waals surface area contributed by atoms with Gasteiger partial charge in [-0.2, -0.15) is 0 Å². The molecule has 5 nitrogen and oxygen atoms in total. The molecule has 3 heterocycles. The van der Waals surface area contributed by atoms with Crippen LogP contribution in [0.3, 0.4) is 0 Å². The van der Waals surface area contributed by atoms with E-state index in [9.17, 15) is 4.79 Å². The van der Waals surface area contributed by atoms with E-state index in [1.807, 2.05) is 13.0 Å². The van der Waals surface area contributed by atoms with E-state index in [2.05, 4.69) is 29.0 Å². The number of rotatable bonds is 5. The van der Waals surface area contributed by atoms with E-state index in [1.54, 1.807) is 11.3 Å². The zero-order valence-corrected chi connectivity index (χ0v) is 14.9. The highest BCUT2D eigenvalue weighted by Crippen LogP contribution is 2.32. The van der Waals surface area contributed by atoms with Gasteiger partial charge in [0.05, 0.1) is 23.4 Å². The first-order valence-corrected chi connectivity index (χ1v) is 9.12. The van der Waals surface area contributed by atoms with E-state index in [4.69, 9.17) is 4.74 Å². The van der Waals surface area contributed by atoms with Gasteiger partial charge >= 0.3 is 0 Å². The van der Waals surface area contributed by atoms with Crippen molar-refractivity contribution in [1.82, 2.24) is 15.2 Å². The molecular weight excluding hydrogens is 310 g/mol. The molecular formula is C17H25N3O2S. The van der Waals surface area contributed by atoms with Crippen molar-refractivity contribution in [3.63, 3.8) is 0 Å². The Morgan fingerprint density at radius 2 is 2.22 bits per heavy atom. The Balaban J connectivity index is 1.81. The molecule has 1 aliphatic heterocycles. The van der Waals surface area contributed by atoms with Crippen molar-refractivity contribution in [2.45, 2.75) is 39.8 Å². The summed E-state index contributed by atoms with van der Waals surface area (Å²) < 4.78 is 6.59. The Hall–Kier alpha value is -1.37. The zero-order chi connectivity index (χ0) is 16.4. The molecule has 1 fully saturated rings. The van der Waals surface area contributed by atoms with Crippen LogP contribution in [-0.2, 0) is 11.3 Å². The smallest absolute Gasteiger partial charge is 0.267 e. The first kappa shape index (κ1) is 16.5. The van der Waals surface area contributed by atoms with Gasteiger partial charge in [-0.05, 0) is 26.3 Å². The molecule has 1 saturated heterocycles. The maximum absolute atomic E-state index is 12.3. The number of fused-ring (bicyclic) bond motifs is 1. The zero-order valence-electron chi connectivity index (χ0n) is 14.1. The maximum atomic E-state index is 12.3. The molecule has 0 saturated carbocycles. The van der Waals surface area contributed by atoms with E-state index < -0.39 is 0 Å². The number of morpholine rings is 1. The highest BCUT2D eigenvalue weighted by molar-refractivity contribution is 7.19. The number of aromatic nitrogens is 1. The predicted octanol–water partition coefficient (Wildman–Crippen LogP) is 2.90. The van der Waals surface area contributed by atoms with Crippen molar-refractivity contribution in [2.24, 2.45) is 0 Å². The number of hydrogen-bond donors (Lipinski definition) is 2. The first-order chi connectivity index (χ1) is 11.1. The molecule has 0 unspecified atom stereocenters. The molecule has 126 valence electrons. The summed E-state index contributed by atoms with van der Waals surface area (Å²) in [6.45, 7) is 10.7. The second kappa shape index (κ2) is 7.03. The molecule has 0 aliphatic carbocycles. The average molecular weight is 335 g/mol. The van der Waals surface area contributed by atoms with Crippen LogP contribution in [0, 0.1) is 6.92 Å². The Bertz CT molecular complexity index is 685. The summed E-state index contributed by atoms with van der Waals surface area (Å²) in [6.07, 6.45) is 0.933. The first-order valence-electron chi connectivity index (χ1n) is 8.30. The number of thiophene rings is 1. The van der Waals surface area contributed by atoms with E-state index in [1.165, 1.54) is 15.1 Å². The van der Waals surface area contributed by atoms with Crippen molar-refractivity contribution in [2.75, 3.05) is 26.3 Å². The molecule has 2 aromatic heterocycles. The van der Waals surface area contributed by atoms with E-state index in [0.717, 1.165) is 44.8 Å². The third-order valence-corrected chi connectivity index (χ3v) is 5.59. The molecule has 1 amide bonds. The van der Waals surface area contributed by atoms with Crippen molar-refractivity contribution in [3.05, 3.63) is 22.2 Å². The SMILES string of the molecule is CC[C@H](C)NC(=O)c1cc2sc(C)c(CN3CCOCC3)c2[nH]1. The Labute approximate surface area is 141 Å². The average Bonchev–Trinajstić information content (AvgIpc) is 3.07. The molecule has 23 heavy (non-hydrogen) atoms. The van der Waals surface area contributed by atoms with E-state index in [0.29, 0.717) is 5.69 Å².